The number of hydrogen-bond donors (Lipinski definition) is 2. The van der Waals surface area contributed by atoms with Crippen LogP contribution in [0.1, 0.15) is 11.1 Å². The molecule has 0 aromatic heterocycles. The summed E-state index contributed by atoms with van der Waals surface area (Å²) in [6.07, 6.45) is 5.02. The zero-order chi connectivity index (χ0) is 15.3. The van der Waals surface area contributed by atoms with Crippen molar-refractivity contribution >= 4 is 15.9 Å². The van der Waals surface area contributed by atoms with Crippen LogP contribution in [0.15, 0.2) is 17.0 Å². The van der Waals surface area contributed by atoms with E-state index >= 15 is 0 Å². The Morgan fingerprint density at radius 2 is 1.95 bits per heavy atom. The summed E-state index contributed by atoms with van der Waals surface area (Å²) in [5.74, 6) is 2.38. The van der Waals surface area contributed by atoms with Crippen LogP contribution < -0.4 is 15.2 Å². The average molecular weight is 296 g/mol. The molecule has 0 fully saturated rings. The number of nitrogens with one attached hydrogen (secondary N) is 1. The Bertz CT molecular complexity index is 636. The molecule has 0 aliphatic carbocycles. The first-order valence-electron chi connectivity index (χ1n) is 5.72. The number of terminal acetylenes is 1. The number of aryl methyl sites for hydroxylation is 2. The topological polar surface area (TPSA) is 98.5 Å². The van der Waals surface area contributed by atoms with Crippen molar-refractivity contribution in [2.45, 2.75) is 18.7 Å². The molecule has 7 heteroatoms. The maximum absolute atomic E-state index is 11.4. The second kappa shape index (κ2) is 6.41. The van der Waals surface area contributed by atoms with E-state index in [1.165, 1.54) is 12.1 Å². The van der Waals surface area contributed by atoms with Gasteiger partial charge in [0.1, 0.15) is 5.75 Å². The van der Waals surface area contributed by atoms with Crippen LogP contribution in [0.25, 0.3) is 0 Å². The van der Waals surface area contributed by atoms with Crippen LogP contribution in [-0.2, 0) is 14.8 Å². The minimum Gasteiger partial charge on any atom is -0.483 e. The van der Waals surface area contributed by atoms with Gasteiger partial charge in [-0.1, -0.05) is 5.92 Å². The Balaban J connectivity index is 2.88. The van der Waals surface area contributed by atoms with E-state index in [-0.39, 0.29) is 24.0 Å². The molecule has 1 aromatic rings. The van der Waals surface area contributed by atoms with Gasteiger partial charge in [0.2, 0.25) is 10.0 Å². The van der Waals surface area contributed by atoms with Crippen LogP contribution in [0.5, 0.6) is 5.75 Å². The highest BCUT2D eigenvalue weighted by atomic mass is 32.2. The summed E-state index contributed by atoms with van der Waals surface area (Å²) in [5.41, 5.74) is 1.16. The third-order valence-corrected chi connectivity index (χ3v) is 3.39. The molecule has 0 spiro atoms. The van der Waals surface area contributed by atoms with E-state index in [0.717, 1.165) is 0 Å². The maximum atomic E-state index is 11.4. The van der Waals surface area contributed by atoms with Gasteiger partial charge >= 0.3 is 0 Å². The number of sulfonamides is 1. The number of nitrogens with two attached hydrogens (primary N) is 1. The number of carbonyl (C=O) groups excluding carboxylic acids is 1. The van der Waals surface area contributed by atoms with E-state index in [0.29, 0.717) is 16.9 Å². The lowest BCUT2D eigenvalue weighted by Crippen LogP contribution is -2.29. The molecular formula is C13H16N2O4S. The summed E-state index contributed by atoms with van der Waals surface area (Å²) < 4.78 is 28.0. The van der Waals surface area contributed by atoms with Gasteiger partial charge in [0, 0.05) is 0 Å². The van der Waals surface area contributed by atoms with E-state index in [1.54, 1.807) is 13.8 Å². The van der Waals surface area contributed by atoms with Crippen LogP contribution in [0, 0.1) is 26.2 Å². The number of primary sulfonamides is 1. The molecule has 108 valence electrons. The zero-order valence-electron chi connectivity index (χ0n) is 11.3. The quantitative estimate of drug-likeness (QED) is 0.752. The molecule has 1 amide bonds. The van der Waals surface area contributed by atoms with Crippen molar-refractivity contribution in [3.05, 3.63) is 23.3 Å². The summed E-state index contributed by atoms with van der Waals surface area (Å²) >= 11 is 0. The standard InChI is InChI=1S/C13H16N2O4S/c1-4-5-15-12(16)8-19-13-9(2)6-11(7-10(13)3)20(14,17)18/h1,6-7H,5,8H2,2-3H3,(H,15,16)(H2,14,17,18). The normalized spacial score (nSPS) is 10.7. The lowest BCUT2D eigenvalue weighted by Gasteiger charge is -2.13. The van der Waals surface area contributed by atoms with Crippen molar-refractivity contribution in [2.75, 3.05) is 13.2 Å². The summed E-state index contributed by atoms with van der Waals surface area (Å²) in [5, 5.41) is 7.53. The van der Waals surface area contributed by atoms with Crippen molar-refractivity contribution in [1.82, 2.24) is 5.32 Å². The van der Waals surface area contributed by atoms with E-state index in [1.807, 2.05) is 0 Å². The van der Waals surface area contributed by atoms with Gasteiger partial charge in [0.05, 0.1) is 11.4 Å². The van der Waals surface area contributed by atoms with Gasteiger partial charge in [-0.3, -0.25) is 4.79 Å². The summed E-state index contributed by atoms with van der Waals surface area (Å²) in [7, 11) is -3.76. The van der Waals surface area contributed by atoms with Crippen LogP contribution in [-0.4, -0.2) is 27.5 Å². The molecule has 0 heterocycles. The highest BCUT2D eigenvalue weighted by molar-refractivity contribution is 7.89. The molecular weight excluding hydrogens is 280 g/mol. The molecule has 0 radical (unpaired) electrons. The lowest BCUT2D eigenvalue weighted by atomic mass is 10.1. The fourth-order valence-electron chi connectivity index (χ4n) is 1.64. The second-order valence-electron chi connectivity index (χ2n) is 4.20. The van der Waals surface area contributed by atoms with Crippen molar-refractivity contribution in [3.63, 3.8) is 0 Å². The fourth-order valence-corrected chi connectivity index (χ4v) is 2.32. The molecule has 20 heavy (non-hydrogen) atoms. The van der Waals surface area contributed by atoms with Gasteiger partial charge in [-0.2, -0.15) is 0 Å². The monoisotopic (exact) mass is 296 g/mol. The molecule has 0 aliphatic heterocycles. The number of amides is 1. The van der Waals surface area contributed by atoms with Gasteiger partial charge in [0.15, 0.2) is 6.61 Å². The van der Waals surface area contributed by atoms with E-state index in [4.69, 9.17) is 16.3 Å². The molecule has 1 aromatic carbocycles. The first-order valence-corrected chi connectivity index (χ1v) is 7.27. The molecule has 0 saturated carbocycles. The molecule has 1 rings (SSSR count). The first-order chi connectivity index (χ1) is 9.25. The molecule has 0 atom stereocenters. The van der Waals surface area contributed by atoms with Crippen LogP contribution in [0.2, 0.25) is 0 Å². The Kier molecular flexibility index (Phi) is 5.13. The van der Waals surface area contributed by atoms with E-state index in [2.05, 4.69) is 11.2 Å². The van der Waals surface area contributed by atoms with Crippen LogP contribution in [0.3, 0.4) is 0 Å². The van der Waals surface area contributed by atoms with E-state index in [9.17, 15) is 13.2 Å². The maximum Gasteiger partial charge on any atom is 0.258 e. The molecule has 0 bridgehead atoms. The SMILES string of the molecule is C#CCNC(=O)COc1c(C)cc(S(N)(=O)=O)cc1C. The van der Waals surface area contributed by atoms with Crippen molar-refractivity contribution in [2.24, 2.45) is 5.14 Å². The summed E-state index contributed by atoms with van der Waals surface area (Å²) in [6, 6.07) is 2.80. The van der Waals surface area contributed by atoms with Gasteiger partial charge in [-0.25, -0.2) is 13.6 Å². The van der Waals surface area contributed by atoms with E-state index < -0.39 is 10.0 Å². The van der Waals surface area contributed by atoms with Crippen molar-refractivity contribution in [1.29, 1.82) is 0 Å². The number of ether oxygens (including phenoxy) is 1. The average Bonchev–Trinajstić information content (AvgIpc) is 2.34. The van der Waals surface area contributed by atoms with Crippen LogP contribution >= 0.6 is 0 Å². The smallest absolute Gasteiger partial charge is 0.258 e. The minimum atomic E-state index is -3.76. The van der Waals surface area contributed by atoms with Crippen molar-refractivity contribution < 1.29 is 17.9 Å². The number of rotatable bonds is 5. The molecule has 0 aliphatic rings. The Morgan fingerprint density at radius 1 is 1.40 bits per heavy atom. The molecule has 0 saturated heterocycles. The number of hydrogen-bond acceptors (Lipinski definition) is 4. The Morgan fingerprint density at radius 3 is 2.40 bits per heavy atom. The largest absolute Gasteiger partial charge is 0.483 e. The summed E-state index contributed by atoms with van der Waals surface area (Å²) in [6.45, 7) is 3.29. The third kappa shape index (κ3) is 4.26. The number of benzene rings is 1. The predicted octanol–water partition coefficient (Wildman–Crippen LogP) is 0.0790. The first kappa shape index (κ1) is 16.0. The third-order valence-electron chi connectivity index (χ3n) is 2.50. The lowest BCUT2D eigenvalue weighted by molar-refractivity contribution is -0.122. The van der Waals surface area contributed by atoms with Crippen molar-refractivity contribution in [3.8, 4) is 18.1 Å². The minimum absolute atomic E-state index is 0.0108. The van der Waals surface area contributed by atoms with Gasteiger partial charge in [-0.15, -0.1) is 6.42 Å². The Hall–Kier alpha value is -2.04. The zero-order valence-corrected chi connectivity index (χ0v) is 12.1. The highest BCUT2D eigenvalue weighted by Gasteiger charge is 2.14. The highest BCUT2D eigenvalue weighted by Crippen LogP contribution is 2.26. The van der Waals surface area contributed by atoms with Gasteiger partial charge < -0.3 is 10.1 Å². The summed E-state index contributed by atoms with van der Waals surface area (Å²) in [4.78, 5) is 11.4. The second-order valence-corrected chi connectivity index (χ2v) is 5.76. The van der Waals surface area contributed by atoms with Crippen LogP contribution in [0.4, 0.5) is 0 Å². The molecule has 0 unspecified atom stereocenters. The molecule has 6 nitrogen and oxygen atoms in total. The fraction of sp³-hybridized carbons (Fsp3) is 0.308. The van der Waals surface area contributed by atoms with Gasteiger partial charge in [0.25, 0.3) is 5.91 Å². The number of carbonyl (C=O) groups is 1. The molecule has 3 N–H and O–H groups in total. The predicted molar refractivity (Wildman–Crippen MR) is 74.6 cm³/mol. The Labute approximate surface area is 118 Å². The van der Waals surface area contributed by atoms with Gasteiger partial charge in [-0.05, 0) is 37.1 Å².